The van der Waals surface area contributed by atoms with Crippen LogP contribution >= 0.6 is 11.3 Å². The highest BCUT2D eigenvalue weighted by Gasteiger charge is 2.19. The van der Waals surface area contributed by atoms with E-state index in [0.29, 0.717) is 18.0 Å². The molecule has 0 aliphatic rings. The van der Waals surface area contributed by atoms with E-state index in [2.05, 4.69) is 48.7 Å². The van der Waals surface area contributed by atoms with Crippen molar-refractivity contribution in [3.05, 3.63) is 93.2 Å². The van der Waals surface area contributed by atoms with Crippen molar-refractivity contribution in [3.63, 3.8) is 0 Å². The Morgan fingerprint density at radius 1 is 0.931 bits per heavy atom. The summed E-state index contributed by atoms with van der Waals surface area (Å²) in [4.78, 5) is 25.0. The van der Waals surface area contributed by atoms with Crippen LogP contribution in [0.3, 0.4) is 0 Å². The molecule has 0 bridgehead atoms. The van der Waals surface area contributed by atoms with Crippen molar-refractivity contribution in [3.8, 4) is 0 Å². The summed E-state index contributed by atoms with van der Waals surface area (Å²) in [7, 11) is 0. The number of amides is 2. The number of hydrogen-bond acceptors (Lipinski definition) is 3. The predicted octanol–water partition coefficient (Wildman–Crippen LogP) is 5.03. The van der Waals surface area contributed by atoms with Crippen LogP contribution in [-0.4, -0.2) is 11.8 Å². The summed E-state index contributed by atoms with van der Waals surface area (Å²) < 4.78 is 0. The van der Waals surface area contributed by atoms with Gasteiger partial charge in [0.05, 0.1) is 6.04 Å². The van der Waals surface area contributed by atoms with Crippen LogP contribution in [0.25, 0.3) is 0 Å². The second-order valence-corrected chi connectivity index (χ2v) is 8.33. The predicted molar refractivity (Wildman–Crippen MR) is 118 cm³/mol. The Bertz CT molecular complexity index is 946. The Labute approximate surface area is 176 Å². The molecular weight excluding hydrogens is 380 g/mol. The monoisotopic (exact) mass is 406 g/mol. The maximum atomic E-state index is 12.9. The summed E-state index contributed by atoms with van der Waals surface area (Å²) in [6.45, 7) is 6.28. The molecule has 29 heavy (non-hydrogen) atoms. The third-order valence-corrected chi connectivity index (χ3v) is 5.73. The van der Waals surface area contributed by atoms with Gasteiger partial charge in [-0.25, -0.2) is 0 Å². The van der Waals surface area contributed by atoms with E-state index in [1.807, 2.05) is 29.6 Å². The molecular formula is C24H26N2O2S. The van der Waals surface area contributed by atoms with E-state index < -0.39 is 0 Å². The first-order valence-electron chi connectivity index (χ1n) is 9.71. The van der Waals surface area contributed by atoms with Crippen LogP contribution in [0.15, 0.2) is 66.0 Å². The van der Waals surface area contributed by atoms with E-state index in [1.165, 1.54) is 12.5 Å². The lowest BCUT2D eigenvalue weighted by molar-refractivity contribution is -0.119. The normalized spacial score (nSPS) is 11.9. The van der Waals surface area contributed by atoms with E-state index in [-0.39, 0.29) is 17.9 Å². The highest BCUT2D eigenvalue weighted by atomic mass is 32.1. The fraction of sp³-hybridized carbons (Fsp3) is 0.250. The third kappa shape index (κ3) is 5.55. The molecule has 1 atom stereocenters. The van der Waals surface area contributed by atoms with Gasteiger partial charge in [-0.15, -0.1) is 11.3 Å². The molecule has 2 N–H and O–H groups in total. The van der Waals surface area contributed by atoms with Gasteiger partial charge in [0, 0.05) is 23.9 Å². The fourth-order valence-corrected chi connectivity index (χ4v) is 3.87. The maximum Gasteiger partial charge on any atom is 0.252 e. The van der Waals surface area contributed by atoms with Gasteiger partial charge < -0.3 is 10.6 Å². The van der Waals surface area contributed by atoms with Crippen molar-refractivity contribution in [2.75, 3.05) is 0 Å². The van der Waals surface area contributed by atoms with Crippen LogP contribution in [0.1, 0.15) is 64.7 Å². The molecule has 0 aliphatic heterocycles. The van der Waals surface area contributed by atoms with E-state index in [9.17, 15) is 9.59 Å². The highest BCUT2D eigenvalue weighted by molar-refractivity contribution is 7.10. The van der Waals surface area contributed by atoms with E-state index in [1.54, 1.807) is 23.5 Å². The average Bonchev–Trinajstić information content (AvgIpc) is 3.25. The molecule has 2 amide bonds. The summed E-state index contributed by atoms with van der Waals surface area (Å²) in [6, 6.07) is 19.6. The van der Waals surface area contributed by atoms with Gasteiger partial charge in [0.15, 0.2) is 0 Å². The standard InChI is InChI=1S/C24H26N2O2S/c1-16(2)19-10-12-20(13-11-19)23(22-5-4-14-29-22)26-24(28)21-8-6-18(7-9-21)15-25-17(3)27/h4-14,16,23H,15H2,1-3H3,(H,25,27)(H,26,28). The van der Waals surface area contributed by atoms with Crippen molar-refractivity contribution in [1.29, 1.82) is 0 Å². The van der Waals surface area contributed by atoms with Gasteiger partial charge in [0.1, 0.15) is 0 Å². The number of benzene rings is 2. The second-order valence-electron chi connectivity index (χ2n) is 7.35. The van der Waals surface area contributed by atoms with Gasteiger partial charge in [-0.1, -0.05) is 56.3 Å². The second kappa shape index (κ2) is 9.52. The van der Waals surface area contributed by atoms with Gasteiger partial charge in [0.2, 0.25) is 5.91 Å². The Balaban J connectivity index is 1.77. The number of nitrogens with one attached hydrogen (secondary N) is 2. The zero-order valence-electron chi connectivity index (χ0n) is 16.9. The molecule has 3 rings (SSSR count). The molecule has 4 nitrogen and oxygen atoms in total. The first-order valence-corrected chi connectivity index (χ1v) is 10.6. The molecule has 0 spiro atoms. The quantitative estimate of drug-likeness (QED) is 0.578. The van der Waals surface area contributed by atoms with Gasteiger partial charge in [0.25, 0.3) is 5.91 Å². The maximum absolute atomic E-state index is 12.9. The van der Waals surface area contributed by atoms with Crippen molar-refractivity contribution in [2.24, 2.45) is 0 Å². The molecule has 3 aromatic rings. The number of rotatable bonds is 7. The lowest BCUT2D eigenvalue weighted by Gasteiger charge is -2.19. The molecule has 5 heteroatoms. The summed E-state index contributed by atoms with van der Waals surface area (Å²) in [5.74, 6) is 0.270. The van der Waals surface area contributed by atoms with Gasteiger partial charge in [-0.05, 0) is 46.2 Å². The number of thiophene rings is 1. The van der Waals surface area contributed by atoms with Crippen LogP contribution in [0, 0.1) is 0 Å². The zero-order valence-corrected chi connectivity index (χ0v) is 17.8. The molecule has 0 aliphatic carbocycles. The Kier molecular flexibility index (Phi) is 6.83. The molecule has 0 saturated heterocycles. The molecule has 1 aromatic heterocycles. The van der Waals surface area contributed by atoms with Crippen LogP contribution < -0.4 is 10.6 Å². The molecule has 150 valence electrons. The SMILES string of the molecule is CC(=O)NCc1ccc(C(=O)NC(c2ccc(C(C)C)cc2)c2cccs2)cc1. The van der Waals surface area contributed by atoms with Gasteiger partial charge >= 0.3 is 0 Å². The Morgan fingerprint density at radius 3 is 2.14 bits per heavy atom. The van der Waals surface area contributed by atoms with Gasteiger partial charge in [-0.3, -0.25) is 9.59 Å². The smallest absolute Gasteiger partial charge is 0.252 e. The van der Waals surface area contributed by atoms with E-state index in [0.717, 1.165) is 16.0 Å². The molecule has 1 heterocycles. The molecule has 0 saturated carbocycles. The minimum atomic E-state index is -0.192. The highest BCUT2D eigenvalue weighted by Crippen LogP contribution is 2.28. The molecule has 0 fully saturated rings. The molecule has 0 radical (unpaired) electrons. The Morgan fingerprint density at radius 2 is 1.59 bits per heavy atom. The molecule has 2 aromatic carbocycles. The largest absolute Gasteiger partial charge is 0.352 e. The zero-order chi connectivity index (χ0) is 20.8. The van der Waals surface area contributed by atoms with Crippen molar-refractivity contribution in [1.82, 2.24) is 10.6 Å². The van der Waals surface area contributed by atoms with Crippen molar-refractivity contribution >= 4 is 23.2 Å². The van der Waals surface area contributed by atoms with Crippen molar-refractivity contribution in [2.45, 2.75) is 39.3 Å². The Hall–Kier alpha value is -2.92. The number of carbonyl (C=O) groups is 2. The van der Waals surface area contributed by atoms with Gasteiger partial charge in [-0.2, -0.15) is 0 Å². The number of carbonyl (C=O) groups excluding carboxylic acids is 2. The van der Waals surface area contributed by atoms with E-state index >= 15 is 0 Å². The lowest BCUT2D eigenvalue weighted by Crippen LogP contribution is -2.28. The van der Waals surface area contributed by atoms with Crippen LogP contribution in [0.4, 0.5) is 0 Å². The summed E-state index contributed by atoms with van der Waals surface area (Å²) >= 11 is 1.63. The van der Waals surface area contributed by atoms with Crippen LogP contribution in [-0.2, 0) is 11.3 Å². The summed E-state index contributed by atoms with van der Waals surface area (Å²) in [5.41, 5.74) is 3.89. The minimum absolute atomic E-state index is 0.0749. The first kappa shape index (κ1) is 20.8. The molecule has 1 unspecified atom stereocenters. The first-order chi connectivity index (χ1) is 13.9. The fourth-order valence-electron chi connectivity index (χ4n) is 3.06. The third-order valence-electron chi connectivity index (χ3n) is 4.80. The topological polar surface area (TPSA) is 58.2 Å². The number of hydrogen-bond donors (Lipinski definition) is 2. The lowest BCUT2D eigenvalue weighted by atomic mass is 9.98. The summed E-state index contributed by atoms with van der Waals surface area (Å²) in [5, 5.41) is 7.95. The average molecular weight is 407 g/mol. The van der Waals surface area contributed by atoms with Crippen molar-refractivity contribution < 1.29 is 9.59 Å². The van der Waals surface area contributed by atoms with Crippen LogP contribution in [0.5, 0.6) is 0 Å². The van der Waals surface area contributed by atoms with Crippen LogP contribution in [0.2, 0.25) is 0 Å². The minimum Gasteiger partial charge on any atom is -0.352 e. The van der Waals surface area contributed by atoms with E-state index in [4.69, 9.17) is 0 Å². The summed E-state index contributed by atoms with van der Waals surface area (Å²) in [6.07, 6.45) is 0.